The minimum Gasteiger partial charge on any atom is -0.309 e. The SMILES string of the molecule is O=P(c1ccccc1)(c1ccccc1)c1ccc2c(c1)C(c1ccccc1)(c1ccccc1)c1cc(-c3ccc4sc5cc6ccccc6cc5c4c3)ccc1-2. The summed E-state index contributed by atoms with van der Waals surface area (Å²) in [4.78, 5) is 0. The highest BCUT2D eigenvalue weighted by Crippen LogP contribution is 2.58. The Kier molecular flexibility index (Phi) is 7.61. The third kappa shape index (κ3) is 4.90. The number of benzene rings is 9. The fourth-order valence-electron chi connectivity index (χ4n) is 9.22. The number of hydrogen-bond donors (Lipinski definition) is 0. The molecular weight excluding hydrogens is 716 g/mol. The van der Waals surface area contributed by atoms with Gasteiger partial charge in [-0.1, -0.05) is 176 Å². The van der Waals surface area contributed by atoms with Crippen molar-refractivity contribution in [2.75, 3.05) is 0 Å². The first-order valence-electron chi connectivity index (χ1n) is 19.1. The summed E-state index contributed by atoms with van der Waals surface area (Å²) >= 11 is 1.86. The molecule has 1 heterocycles. The van der Waals surface area contributed by atoms with Crippen molar-refractivity contribution < 1.29 is 4.57 Å². The van der Waals surface area contributed by atoms with E-state index in [1.807, 2.05) is 72.0 Å². The van der Waals surface area contributed by atoms with Crippen LogP contribution in [0.3, 0.4) is 0 Å². The van der Waals surface area contributed by atoms with Crippen LogP contribution in [0.5, 0.6) is 0 Å². The Hall–Kier alpha value is -6.31. The Balaban J connectivity index is 1.17. The lowest BCUT2D eigenvalue weighted by molar-refractivity contribution is 0.592. The van der Waals surface area contributed by atoms with Gasteiger partial charge in [0.2, 0.25) is 0 Å². The summed E-state index contributed by atoms with van der Waals surface area (Å²) in [5.74, 6) is 0. The van der Waals surface area contributed by atoms with Crippen LogP contribution >= 0.6 is 18.5 Å². The molecule has 264 valence electrons. The summed E-state index contributed by atoms with van der Waals surface area (Å²) in [6, 6.07) is 75.7. The van der Waals surface area contributed by atoms with E-state index in [2.05, 4.69) is 152 Å². The van der Waals surface area contributed by atoms with Gasteiger partial charge in [0.05, 0.1) is 5.41 Å². The molecule has 11 rings (SSSR count). The van der Waals surface area contributed by atoms with Crippen molar-refractivity contribution in [3.8, 4) is 22.3 Å². The minimum atomic E-state index is -3.25. The van der Waals surface area contributed by atoms with Crippen molar-refractivity contribution in [1.82, 2.24) is 0 Å². The maximum absolute atomic E-state index is 15.9. The van der Waals surface area contributed by atoms with Gasteiger partial charge in [-0.15, -0.1) is 11.3 Å². The van der Waals surface area contributed by atoms with E-state index in [1.165, 1.54) is 69.9 Å². The molecule has 3 heteroatoms. The summed E-state index contributed by atoms with van der Waals surface area (Å²) in [5, 5.41) is 7.62. The first-order chi connectivity index (χ1) is 27.6. The van der Waals surface area contributed by atoms with Gasteiger partial charge in [0.15, 0.2) is 7.14 Å². The van der Waals surface area contributed by atoms with Gasteiger partial charge in [-0.3, -0.25) is 0 Å². The Morgan fingerprint density at radius 1 is 0.375 bits per heavy atom. The monoisotopic (exact) mass is 750 g/mol. The maximum atomic E-state index is 15.9. The number of hydrogen-bond acceptors (Lipinski definition) is 2. The van der Waals surface area contributed by atoms with Crippen molar-refractivity contribution in [3.05, 3.63) is 235 Å². The second-order valence-electron chi connectivity index (χ2n) is 14.8. The molecule has 0 unspecified atom stereocenters. The van der Waals surface area contributed by atoms with Crippen LogP contribution in [0.1, 0.15) is 22.3 Å². The number of rotatable bonds is 6. The molecule has 1 aromatic heterocycles. The molecule has 9 aromatic carbocycles. The van der Waals surface area contributed by atoms with E-state index in [4.69, 9.17) is 0 Å². The van der Waals surface area contributed by atoms with Crippen molar-refractivity contribution in [1.29, 1.82) is 0 Å². The predicted octanol–water partition coefficient (Wildman–Crippen LogP) is 12.9. The van der Waals surface area contributed by atoms with Gasteiger partial charge in [-0.05, 0) is 91.7 Å². The Bertz CT molecular complexity index is 3070. The lowest BCUT2D eigenvalue weighted by atomic mass is 9.67. The Morgan fingerprint density at radius 2 is 0.857 bits per heavy atom. The van der Waals surface area contributed by atoms with Gasteiger partial charge in [-0.25, -0.2) is 0 Å². The van der Waals surface area contributed by atoms with Gasteiger partial charge in [0.1, 0.15) is 0 Å². The zero-order valence-electron chi connectivity index (χ0n) is 30.5. The zero-order chi connectivity index (χ0) is 37.3. The molecule has 0 aliphatic heterocycles. The first-order valence-corrected chi connectivity index (χ1v) is 21.6. The zero-order valence-corrected chi connectivity index (χ0v) is 32.2. The second kappa shape index (κ2) is 12.9. The standard InChI is InChI=1S/C53H35OPS/c54-55(42-21-9-3-10-22-42,43-23-11-4-12-24-43)44-27-29-46-45-28-25-39(38-26-30-51-47(32-38)48-31-36-15-13-14-16-37(36)34-52(48)56-51)33-49(45)53(50(46)35-44,40-17-5-1-6-18-40)41-19-7-2-8-20-41/h1-35H. The lowest BCUT2D eigenvalue weighted by Gasteiger charge is -2.34. The van der Waals surface area contributed by atoms with Crippen molar-refractivity contribution in [3.63, 3.8) is 0 Å². The normalized spacial score (nSPS) is 13.2. The molecule has 0 spiro atoms. The van der Waals surface area contributed by atoms with Gasteiger partial charge in [0, 0.05) is 36.1 Å². The molecule has 0 N–H and O–H groups in total. The van der Waals surface area contributed by atoms with Crippen LogP contribution in [-0.4, -0.2) is 0 Å². The predicted molar refractivity (Wildman–Crippen MR) is 239 cm³/mol. The fourth-order valence-corrected chi connectivity index (χ4v) is 13.0. The molecule has 0 atom stereocenters. The van der Waals surface area contributed by atoms with Gasteiger partial charge < -0.3 is 4.57 Å². The number of fused-ring (bicyclic) bond motifs is 7. The summed E-state index contributed by atoms with van der Waals surface area (Å²) in [5.41, 5.74) is 8.82. The highest BCUT2D eigenvalue weighted by molar-refractivity contribution is 7.85. The van der Waals surface area contributed by atoms with Crippen molar-refractivity contribution in [2.45, 2.75) is 5.41 Å². The third-order valence-corrected chi connectivity index (χ3v) is 16.0. The summed E-state index contributed by atoms with van der Waals surface area (Å²) < 4.78 is 18.5. The van der Waals surface area contributed by atoms with Gasteiger partial charge in [-0.2, -0.15) is 0 Å². The van der Waals surface area contributed by atoms with Crippen LogP contribution in [0.25, 0.3) is 53.2 Å². The quantitative estimate of drug-likeness (QED) is 0.155. The molecule has 0 radical (unpaired) electrons. The summed E-state index contributed by atoms with van der Waals surface area (Å²) in [6.07, 6.45) is 0. The molecule has 56 heavy (non-hydrogen) atoms. The van der Waals surface area contributed by atoms with E-state index < -0.39 is 12.6 Å². The second-order valence-corrected chi connectivity index (χ2v) is 18.6. The third-order valence-electron chi connectivity index (χ3n) is 11.8. The highest BCUT2D eigenvalue weighted by Gasteiger charge is 2.47. The molecule has 0 bridgehead atoms. The van der Waals surface area contributed by atoms with E-state index in [0.29, 0.717) is 0 Å². The van der Waals surface area contributed by atoms with E-state index in [1.54, 1.807) is 0 Å². The molecule has 0 fully saturated rings. The lowest BCUT2D eigenvalue weighted by Crippen LogP contribution is -2.31. The van der Waals surface area contributed by atoms with E-state index in [-0.39, 0.29) is 0 Å². The Morgan fingerprint density at radius 3 is 1.48 bits per heavy atom. The summed E-state index contributed by atoms with van der Waals surface area (Å²) in [6.45, 7) is 0. The van der Waals surface area contributed by atoms with Crippen molar-refractivity contribution in [2.24, 2.45) is 0 Å². The van der Waals surface area contributed by atoms with E-state index in [0.717, 1.165) is 21.5 Å². The van der Waals surface area contributed by atoms with Gasteiger partial charge in [0.25, 0.3) is 0 Å². The summed E-state index contributed by atoms with van der Waals surface area (Å²) in [7, 11) is -3.25. The molecule has 1 aliphatic carbocycles. The van der Waals surface area contributed by atoms with Crippen LogP contribution < -0.4 is 15.9 Å². The van der Waals surface area contributed by atoms with E-state index in [9.17, 15) is 0 Å². The van der Waals surface area contributed by atoms with Crippen LogP contribution in [0, 0.1) is 0 Å². The minimum absolute atomic E-state index is 0.657. The topological polar surface area (TPSA) is 17.1 Å². The molecular formula is C53H35OPS. The highest BCUT2D eigenvalue weighted by atomic mass is 32.1. The van der Waals surface area contributed by atoms with Crippen LogP contribution in [0.2, 0.25) is 0 Å². The first kappa shape index (κ1) is 33.1. The average molecular weight is 751 g/mol. The van der Waals surface area contributed by atoms with E-state index >= 15 is 4.57 Å². The van der Waals surface area contributed by atoms with Gasteiger partial charge >= 0.3 is 0 Å². The smallest absolute Gasteiger partial charge is 0.171 e. The average Bonchev–Trinajstić information content (AvgIpc) is 3.78. The van der Waals surface area contributed by atoms with Crippen LogP contribution in [0.4, 0.5) is 0 Å². The molecule has 10 aromatic rings. The molecule has 0 amide bonds. The molecule has 1 aliphatic rings. The molecule has 0 saturated carbocycles. The largest absolute Gasteiger partial charge is 0.309 e. The molecule has 0 saturated heterocycles. The Labute approximate surface area is 330 Å². The fraction of sp³-hybridized carbons (Fsp3) is 0.0189. The van der Waals surface area contributed by atoms with Crippen molar-refractivity contribution >= 4 is 65.3 Å². The maximum Gasteiger partial charge on any atom is 0.171 e. The molecule has 1 nitrogen and oxygen atoms in total. The van der Waals surface area contributed by atoms with Crippen LogP contribution in [-0.2, 0) is 9.98 Å². The number of thiophene rings is 1. The van der Waals surface area contributed by atoms with Crippen LogP contribution in [0.15, 0.2) is 212 Å².